The number of nitrogens with zero attached hydrogens (tertiary/aromatic N) is 2. The van der Waals surface area contributed by atoms with E-state index in [1.54, 1.807) is 6.07 Å². The van der Waals surface area contributed by atoms with Gasteiger partial charge in [0, 0.05) is 44.0 Å². The number of thiocarbonyl (C=S) groups is 1. The molecule has 27 heavy (non-hydrogen) atoms. The summed E-state index contributed by atoms with van der Waals surface area (Å²) in [6.45, 7) is 6.76. The van der Waals surface area contributed by atoms with Crippen molar-refractivity contribution in [1.82, 2.24) is 10.2 Å². The molecule has 0 unspecified atom stereocenters. The fraction of sp³-hybridized carbons (Fsp3) is 0.526. The Hall–Kier alpha value is -1.86. The molecular formula is C19H27ClN4O2S. The first-order valence-corrected chi connectivity index (χ1v) is 10.2. The third-order valence-electron chi connectivity index (χ3n) is 4.49. The third kappa shape index (κ3) is 6.36. The van der Waals surface area contributed by atoms with Crippen molar-refractivity contribution in [3.05, 3.63) is 23.2 Å². The lowest BCUT2D eigenvalue weighted by atomic mass is 10.2. The summed E-state index contributed by atoms with van der Waals surface area (Å²) < 4.78 is 0. The lowest BCUT2D eigenvalue weighted by Gasteiger charge is -2.37. The van der Waals surface area contributed by atoms with Gasteiger partial charge < -0.3 is 20.4 Å². The monoisotopic (exact) mass is 410 g/mol. The maximum absolute atomic E-state index is 11.9. The van der Waals surface area contributed by atoms with Crippen molar-refractivity contribution in [3.63, 3.8) is 0 Å². The van der Waals surface area contributed by atoms with Gasteiger partial charge >= 0.3 is 0 Å². The predicted molar refractivity (Wildman–Crippen MR) is 114 cm³/mol. The molecule has 1 fully saturated rings. The largest absolute Gasteiger partial charge is 0.366 e. The number of halogens is 1. The highest BCUT2D eigenvalue weighted by atomic mass is 35.5. The van der Waals surface area contributed by atoms with Gasteiger partial charge in [0.25, 0.3) is 0 Å². The molecule has 0 saturated carbocycles. The standard InChI is InChI=1S/C19H27ClN4O2S/c1-3-5-6-17(25)22-19(27)21-15-13-14(20)7-8-16(15)23-9-11-24(12-10-23)18(26)4-2/h7-8,13H,3-6,9-12H2,1-2H3,(H2,21,22,25,27). The average molecular weight is 411 g/mol. The number of piperazine rings is 1. The molecule has 0 spiro atoms. The summed E-state index contributed by atoms with van der Waals surface area (Å²) in [5.74, 6) is 0.0877. The minimum atomic E-state index is -0.0929. The second kappa shape index (κ2) is 10.5. The van der Waals surface area contributed by atoms with E-state index in [2.05, 4.69) is 15.5 Å². The van der Waals surface area contributed by atoms with Gasteiger partial charge in [0.2, 0.25) is 11.8 Å². The lowest BCUT2D eigenvalue weighted by Crippen LogP contribution is -2.48. The van der Waals surface area contributed by atoms with E-state index >= 15 is 0 Å². The Bertz CT molecular complexity index is 690. The van der Waals surface area contributed by atoms with Gasteiger partial charge in [-0.1, -0.05) is 31.9 Å². The smallest absolute Gasteiger partial charge is 0.226 e. The highest BCUT2D eigenvalue weighted by molar-refractivity contribution is 7.80. The Morgan fingerprint density at radius 3 is 2.52 bits per heavy atom. The minimum absolute atomic E-state index is 0.0929. The van der Waals surface area contributed by atoms with Crippen LogP contribution in [0.15, 0.2) is 18.2 Å². The molecular weight excluding hydrogens is 384 g/mol. The van der Waals surface area contributed by atoms with Crippen LogP contribution in [0.1, 0.15) is 39.5 Å². The van der Waals surface area contributed by atoms with E-state index < -0.39 is 0 Å². The van der Waals surface area contributed by atoms with Crippen LogP contribution in [0, 0.1) is 0 Å². The van der Waals surface area contributed by atoms with Gasteiger partial charge in [-0.05, 0) is 36.8 Å². The molecule has 1 aromatic rings. The van der Waals surface area contributed by atoms with Crippen LogP contribution >= 0.6 is 23.8 Å². The molecule has 0 atom stereocenters. The first-order chi connectivity index (χ1) is 12.9. The first-order valence-electron chi connectivity index (χ1n) is 9.37. The van der Waals surface area contributed by atoms with Gasteiger partial charge in [0.1, 0.15) is 0 Å². The molecule has 2 N–H and O–H groups in total. The molecule has 2 amide bonds. The van der Waals surface area contributed by atoms with Gasteiger partial charge in [0.05, 0.1) is 11.4 Å². The number of rotatable bonds is 6. The van der Waals surface area contributed by atoms with Crippen LogP contribution in [-0.4, -0.2) is 48.0 Å². The summed E-state index contributed by atoms with van der Waals surface area (Å²) in [6, 6.07) is 5.56. The van der Waals surface area contributed by atoms with Crippen LogP contribution in [0.3, 0.4) is 0 Å². The van der Waals surface area contributed by atoms with Gasteiger partial charge in [-0.3, -0.25) is 9.59 Å². The first kappa shape index (κ1) is 21.4. The molecule has 1 saturated heterocycles. The number of unbranched alkanes of at least 4 members (excludes halogenated alkanes) is 1. The summed E-state index contributed by atoms with van der Waals surface area (Å²) in [5, 5.41) is 6.65. The molecule has 1 heterocycles. The van der Waals surface area contributed by atoms with Crippen molar-refractivity contribution in [2.75, 3.05) is 36.4 Å². The molecule has 0 bridgehead atoms. The van der Waals surface area contributed by atoms with E-state index in [1.807, 2.05) is 30.9 Å². The van der Waals surface area contributed by atoms with Crippen LogP contribution < -0.4 is 15.5 Å². The third-order valence-corrected chi connectivity index (χ3v) is 4.93. The average Bonchev–Trinajstić information content (AvgIpc) is 2.66. The number of hydrogen-bond acceptors (Lipinski definition) is 4. The van der Waals surface area contributed by atoms with Crippen molar-refractivity contribution in [2.24, 2.45) is 0 Å². The Morgan fingerprint density at radius 1 is 1.19 bits per heavy atom. The number of anilines is 2. The van der Waals surface area contributed by atoms with Crippen molar-refractivity contribution in [1.29, 1.82) is 0 Å². The number of carbonyl (C=O) groups excluding carboxylic acids is 2. The van der Waals surface area contributed by atoms with Gasteiger partial charge in [-0.2, -0.15) is 0 Å². The number of benzene rings is 1. The zero-order valence-electron chi connectivity index (χ0n) is 15.9. The summed E-state index contributed by atoms with van der Waals surface area (Å²) in [7, 11) is 0. The minimum Gasteiger partial charge on any atom is -0.366 e. The molecule has 6 nitrogen and oxygen atoms in total. The normalized spacial score (nSPS) is 14.0. The second-order valence-electron chi connectivity index (χ2n) is 6.49. The van der Waals surface area contributed by atoms with Crippen LogP contribution in [0.5, 0.6) is 0 Å². The lowest BCUT2D eigenvalue weighted by molar-refractivity contribution is -0.131. The maximum atomic E-state index is 11.9. The van der Waals surface area contributed by atoms with E-state index in [4.69, 9.17) is 23.8 Å². The van der Waals surface area contributed by atoms with Gasteiger partial charge in [-0.25, -0.2) is 0 Å². The number of amides is 2. The molecule has 2 rings (SSSR count). The van der Waals surface area contributed by atoms with Gasteiger partial charge in [0.15, 0.2) is 5.11 Å². The van der Waals surface area contributed by atoms with Crippen LogP contribution in [0.2, 0.25) is 5.02 Å². The molecule has 0 radical (unpaired) electrons. The van der Waals surface area contributed by atoms with E-state index in [9.17, 15) is 9.59 Å². The van der Waals surface area contributed by atoms with E-state index in [-0.39, 0.29) is 16.9 Å². The molecule has 0 aliphatic carbocycles. The molecule has 0 aromatic heterocycles. The zero-order valence-corrected chi connectivity index (χ0v) is 17.5. The van der Waals surface area contributed by atoms with Crippen molar-refractivity contribution in [3.8, 4) is 0 Å². The Morgan fingerprint density at radius 2 is 1.89 bits per heavy atom. The molecule has 1 aromatic carbocycles. The van der Waals surface area contributed by atoms with Crippen molar-refractivity contribution >= 4 is 52.1 Å². The number of nitrogens with one attached hydrogen (secondary N) is 2. The Labute approximate surface area is 171 Å². The predicted octanol–water partition coefficient (Wildman–Crippen LogP) is 3.40. The number of hydrogen-bond donors (Lipinski definition) is 2. The van der Waals surface area contributed by atoms with Crippen LogP contribution in [0.25, 0.3) is 0 Å². The Balaban J connectivity index is 2.03. The highest BCUT2D eigenvalue weighted by Crippen LogP contribution is 2.30. The SMILES string of the molecule is CCCCC(=O)NC(=S)Nc1cc(Cl)ccc1N1CCN(C(=O)CC)CC1. The molecule has 8 heteroatoms. The number of carbonyl (C=O) groups is 2. The topological polar surface area (TPSA) is 64.7 Å². The summed E-state index contributed by atoms with van der Waals surface area (Å²) in [6.07, 6.45) is 2.77. The van der Waals surface area contributed by atoms with E-state index in [1.165, 1.54) is 0 Å². The fourth-order valence-corrected chi connectivity index (χ4v) is 3.38. The fourth-order valence-electron chi connectivity index (χ4n) is 2.98. The van der Waals surface area contributed by atoms with Crippen LogP contribution in [-0.2, 0) is 9.59 Å². The zero-order chi connectivity index (χ0) is 19.8. The van der Waals surface area contributed by atoms with Crippen molar-refractivity contribution in [2.45, 2.75) is 39.5 Å². The maximum Gasteiger partial charge on any atom is 0.226 e. The van der Waals surface area contributed by atoms with Crippen molar-refractivity contribution < 1.29 is 9.59 Å². The Kier molecular flexibility index (Phi) is 8.31. The summed E-state index contributed by atoms with van der Waals surface area (Å²) in [5.41, 5.74) is 1.70. The molecule has 1 aliphatic heterocycles. The molecule has 148 valence electrons. The van der Waals surface area contributed by atoms with E-state index in [0.29, 0.717) is 31.0 Å². The summed E-state index contributed by atoms with van der Waals surface area (Å²) >= 11 is 11.4. The van der Waals surface area contributed by atoms with E-state index in [0.717, 1.165) is 37.3 Å². The van der Waals surface area contributed by atoms with Gasteiger partial charge in [-0.15, -0.1) is 0 Å². The summed E-state index contributed by atoms with van der Waals surface area (Å²) in [4.78, 5) is 27.8. The van der Waals surface area contributed by atoms with Crippen LogP contribution in [0.4, 0.5) is 11.4 Å². The molecule has 1 aliphatic rings. The quantitative estimate of drug-likeness (QED) is 0.703. The highest BCUT2D eigenvalue weighted by Gasteiger charge is 2.22. The second-order valence-corrected chi connectivity index (χ2v) is 7.33.